The number of ether oxygens (including phenoxy) is 1. The number of hydrogen-bond acceptors (Lipinski definition) is 18. The summed E-state index contributed by atoms with van der Waals surface area (Å²) in [5.41, 5.74) is 3.78. The monoisotopic (exact) mass is 1310 g/mol. The zero-order chi connectivity index (χ0) is 66.8. The quantitative estimate of drug-likeness (QED) is 0.0160. The maximum Gasteiger partial charge on any atom is 0.416 e. The largest absolute Gasteiger partial charge is 0.478 e. The molecule has 5 aromatic carbocycles. The zero-order valence-electron chi connectivity index (χ0n) is 52.3. The van der Waals surface area contributed by atoms with Gasteiger partial charge in [0.1, 0.15) is 22.4 Å². The fraction of sp³-hybridized carbons (Fsp3) is 0.324. The number of rotatable bonds is 22. The molecule has 0 saturated heterocycles. The first-order valence-electron chi connectivity index (χ1n) is 32.2. The van der Waals surface area contributed by atoms with E-state index in [9.17, 15) is 45.8 Å². The van der Waals surface area contributed by atoms with E-state index in [4.69, 9.17) is 19.7 Å². The highest BCUT2D eigenvalue weighted by molar-refractivity contribution is 6.13. The lowest BCUT2D eigenvalue weighted by molar-refractivity contribution is -0.138. The molecule has 4 aliphatic carbocycles. The maximum absolute atomic E-state index is 13.3. The number of benzene rings is 5. The average Bonchev–Trinajstić information content (AvgIpc) is 1.38. The number of fused-ring (bicyclic) bond motifs is 9. The van der Waals surface area contributed by atoms with Crippen molar-refractivity contribution in [3.05, 3.63) is 155 Å². The van der Waals surface area contributed by atoms with Gasteiger partial charge < -0.3 is 36.4 Å². The Bertz CT molecular complexity index is 4810. The van der Waals surface area contributed by atoms with Crippen molar-refractivity contribution in [2.75, 3.05) is 39.8 Å². The molecule has 4 fully saturated rings. The van der Waals surface area contributed by atoms with Crippen molar-refractivity contribution in [3.8, 4) is 0 Å². The van der Waals surface area contributed by atoms with Crippen molar-refractivity contribution >= 4 is 124 Å². The number of unbranched alkanes of at least 4 members (excludes halogenated alkanes) is 1. The van der Waals surface area contributed by atoms with Gasteiger partial charge in [0, 0.05) is 124 Å². The minimum atomic E-state index is -4.46. The summed E-state index contributed by atoms with van der Waals surface area (Å²) in [6.45, 7) is 5.28. The van der Waals surface area contributed by atoms with Crippen molar-refractivity contribution in [2.24, 2.45) is 5.92 Å². The second-order valence-corrected chi connectivity index (χ2v) is 24.5. The highest BCUT2D eigenvalue weighted by Gasteiger charge is 2.33. The molecule has 0 amide bonds. The summed E-state index contributed by atoms with van der Waals surface area (Å²) in [4.78, 5) is 77.7. The Morgan fingerprint density at radius 1 is 0.500 bits per heavy atom. The third kappa shape index (κ3) is 15.4. The van der Waals surface area contributed by atoms with Crippen LogP contribution in [0.2, 0.25) is 0 Å². The molecule has 4 aliphatic rings. The van der Waals surface area contributed by atoms with E-state index in [-0.39, 0.29) is 28.5 Å². The molecule has 4 saturated carbocycles. The molecule has 6 heterocycles. The number of nitrogens with zero attached hydrogens (tertiary/aromatic N) is 9. The Morgan fingerprint density at radius 3 is 1.43 bits per heavy atom. The van der Waals surface area contributed by atoms with Gasteiger partial charge >= 0.3 is 18.3 Å². The third-order valence-electron chi connectivity index (χ3n) is 16.8. The SMILES string of the molecule is CCC(=O)c1ccc2c(c1)nc(Nc1cccc(C(F)(F)F)c1)c1nc(NC3CC3)ncc12.CCOCCCCc1ncc2c(n1)c(NC1CC1)nc1cc(C(=O)O)ccc12.O=C(CC1CC1)c1ccc2c(c1)nc(Nc1cccc(C(F)(F)F)c1)c1nc(NC3CC3)ncc12. The van der Waals surface area contributed by atoms with Gasteiger partial charge in [0.2, 0.25) is 11.9 Å². The summed E-state index contributed by atoms with van der Waals surface area (Å²) < 4.78 is 84.8. The third-order valence-corrected chi connectivity index (χ3v) is 16.8. The first kappa shape index (κ1) is 64.4. The molecule has 25 heteroatoms. The van der Waals surface area contributed by atoms with Crippen molar-refractivity contribution in [1.29, 1.82) is 0 Å². The number of aromatic carboxylic acids is 1. The number of aryl methyl sites for hydroxylation is 1. The zero-order valence-corrected chi connectivity index (χ0v) is 52.3. The summed E-state index contributed by atoms with van der Waals surface area (Å²) in [6.07, 6.45) is 8.49. The van der Waals surface area contributed by atoms with E-state index in [2.05, 4.69) is 56.5 Å². The van der Waals surface area contributed by atoms with Gasteiger partial charge in [-0.05, 0) is 138 Å². The van der Waals surface area contributed by atoms with Gasteiger partial charge in [-0.3, -0.25) is 9.59 Å². The Balaban J connectivity index is 0.000000131. The van der Waals surface area contributed by atoms with E-state index < -0.39 is 29.4 Å². The number of ketones is 2. The number of Topliss-reactive ketones (excluding diaryl/α,β-unsaturated/α-hetero) is 2. The fourth-order valence-electron chi connectivity index (χ4n) is 11.0. The number of anilines is 7. The molecule has 11 aromatic rings. The van der Waals surface area contributed by atoms with Gasteiger partial charge in [0.25, 0.3) is 0 Å². The van der Waals surface area contributed by atoms with Gasteiger partial charge in [0.05, 0.1) is 33.2 Å². The van der Waals surface area contributed by atoms with Gasteiger partial charge in [0.15, 0.2) is 29.0 Å². The number of carboxylic acids is 1. The van der Waals surface area contributed by atoms with E-state index in [0.717, 1.165) is 141 Å². The molecule has 19 nitrogen and oxygen atoms in total. The summed E-state index contributed by atoms with van der Waals surface area (Å²) in [5.74, 6) is 2.55. The topological polar surface area (TPSA) is 257 Å². The van der Waals surface area contributed by atoms with Crippen molar-refractivity contribution in [1.82, 2.24) is 44.9 Å². The van der Waals surface area contributed by atoms with E-state index in [0.29, 0.717) is 116 Å². The molecule has 6 N–H and O–H groups in total. The predicted molar refractivity (Wildman–Crippen MR) is 357 cm³/mol. The molecular weight excluding hydrogens is 1240 g/mol. The van der Waals surface area contributed by atoms with Crippen LogP contribution in [0.3, 0.4) is 0 Å². The van der Waals surface area contributed by atoms with Crippen molar-refractivity contribution < 1.29 is 50.6 Å². The first-order chi connectivity index (χ1) is 46.3. The number of aromatic nitrogens is 9. The lowest BCUT2D eigenvalue weighted by Gasteiger charge is -2.14. The number of carbonyl (C=O) groups is 3. The highest BCUT2D eigenvalue weighted by Crippen LogP contribution is 2.39. The first-order valence-corrected chi connectivity index (χ1v) is 32.2. The molecule has 0 spiro atoms. The Kier molecular flexibility index (Phi) is 18.2. The molecule has 0 radical (unpaired) electrons. The summed E-state index contributed by atoms with van der Waals surface area (Å²) >= 11 is 0. The maximum atomic E-state index is 13.3. The van der Waals surface area contributed by atoms with E-state index in [1.165, 1.54) is 18.2 Å². The molecule has 492 valence electrons. The second kappa shape index (κ2) is 27.2. The van der Waals surface area contributed by atoms with Gasteiger partial charge in [-0.1, -0.05) is 49.4 Å². The van der Waals surface area contributed by atoms with Crippen LogP contribution in [0.15, 0.2) is 122 Å². The van der Waals surface area contributed by atoms with Crippen LogP contribution in [-0.4, -0.2) is 98.8 Å². The van der Waals surface area contributed by atoms with Crippen LogP contribution in [0, 0.1) is 5.92 Å². The molecular formula is C71H66F6N14O5. The number of alkyl halides is 6. The van der Waals surface area contributed by atoms with Gasteiger partial charge in [-0.15, -0.1) is 0 Å². The second-order valence-electron chi connectivity index (χ2n) is 24.5. The molecule has 0 unspecified atom stereocenters. The number of pyridine rings is 3. The van der Waals surface area contributed by atoms with E-state index >= 15 is 0 Å². The number of nitrogens with one attached hydrogen (secondary N) is 5. The average molecular weight is 1310 g/mol. The van der Waals surface area contributed by atoms with Crippen LogP contribution in [0.5, 0.6) is 0 Å². The van der Waals surface area contributed by atoms with E-state index in [1.54, 1.807) is 73.9 Å². The van der Waals surface area contributed by atoms with Crippen LogP contribution < -0.4 is 26.6 Å². The fourth-order valence-corrected chi connectivity index (χ4v) is 11.0. The van der Waals surface area contributed by atoms with Crippen LogP contribution in [0.25, 0.3) is 65.4 Å². The molecule has 0 atom stereocenters. The van der Waals surface area contributed by atoms with E-state index in [1.807, 2.05) is 19.2 Å². The van der Waals surface area contributed by atoms with Gasteiger partial charge in [-0.25, -0.2) is 49.7 Å². The summed E-state index contributed by atoms with van der Waals surface area (Å²) in [5, 5.41) is 29.9. The minimum Gasteiger partial charge on any atom is -0.478 e. The molecule has 96 heavy (non-hydrogen) atoms. The standard InChI is InChI=1S/C26H22F3N5O.C24H20F3N5O.C21H24N4O3/c27-26(28,29)16-2-1-3-18(12-16)31-24-23-20(13-30-25(34-23)32-17-7-8-17)19-9-6-15(11-21(19)33-24)22(35)10-14-4-5-14;1-2-20(33)13-6-9-17-18-12-28-23(30-15-7-8-15)32-21(18)22(31-19(17)10-13)29-16-5-3-4-14(11-16)24(25,26)27;1-2-28-10-4-3-5-18-22-12-16-15-9-6-13(21(26)27)11-17(15)24-20(19(16)25-18)23-14-7-8-14/h1-3,6,9,11-14,17H,4-5,7-8,10H2,(H,31,33)(H,30,32,34);3-6,9-12,15H,2,7-8H2,1H3,(H,29,31)(H,28,30,32);6,9,11-12,14H,2-5,7-8,10H2,1H3,(H,23,24)(H,26,27). The predicted octanol–water partition coefficient (Wildman–Crippen LogP) is 16.4. The van der Waals surface area contributed by atoms with Crippen molar-refractivity contribution in [3.63, 3.8) is 0 Å². The Morgan fingerprint density at radius 2 is 0.958 bits per heavy atom. The normalized spacial score (nSPS) is 14.7. The number of halogens is 6. The van der Waals surface area contributed by atoms with Crippen LogP contribution in [0.1, 0.15) is 139 Å². The highest BCUT2D eigenvalue weighted by atomic mass is 19.4. The summed E-state index contributed by atoms with van der Waals surface area (Å²) in [7, 11) is 0. The smallest absolute Gasteiger partial charge is 0.416 e. The van der Waals surface area contributed by atoms with Crippen LogP contribution in [-0.2, 0) is 23.5 Å². The molecule has 15 rings (SSSR count). The Hall–Kier alpha value is -10.3. The molecule has 0 aliphatic heterocycles. The lowest BCUT2D eigenvalue weighted by atomic mass is 10.0. The number of hydrogen-bond donors (Lipinski definition) is 6. The molecule has 0 bridgehead atoms. The van der Waals surface area contributed by atoms with Crippen LogP contribution >= 0.6 is 0 Å². The number of carboxylic acid groups (broad SMARTS) is 1. The lowest BCUT2D eigenvalue weighted by Crippen LogP contribution is -2.07. The Labute approximate surface area is 545 Å². The molecule has 6 aromatic heterocycles. The number of carbonyl (C=O) groups excluding carboxylic acids is 2. The minimum absolute atomic E-state index is 0.0218. The van der Waals surface area contributed by atoms with Gasteiger partial charge in [-0.2, -0.15) is 26.3 Å². The van der Waals surface area contributed by atoms with Crippen molar-refractivity contribution in [2.45, 2.75) is 128 Å². The van der Waals surface area contributed by atoms with Crippen LogP contribution in [0.4, 0.5) is 67.1 Å². The summed E-state index contributed by atoms with van der Waals surface area (Å²) in [6, 6.07) is 26.6.